The summed E-state index contributed by atoms with van der Waals surface area (Å²) in [5.41, 5.74) is 5.52. The zero-order valence-corrected chi connectivity index (χ0v) is 15.4. The fourth-order valence-corrected chi connectivity index (χ4v) is 2.94. The molecular weight excluding hydrogens is 356 g/mol. The van der Waals surface area contributed by atoms with E-state index >= 15 is 0 Å². The number of aromatic hydroxyl groups is 1. The fourth-order valence-electron chi connectivity index (χ4n) is 2.69. The molecule has 1 aromatic heterocycles. The summed E-state index contributed by atoms with van der Waals surface area (Å²) in [4.78, 5) is 14.9. The lowest BCUT2D eigenvalue weighted by Gasteiger charge is -2.08. The van der Waals surface area contributed by atoms with Crippen molar-refractivity contribution in [2.24, 2.45) is 0 Å². The first-order chi connectivity index (χ1) is 13.1. The molecule has 0 aliphatic rings. The topological polar surface area (TPSA) is 58.0 Å². The van der Waals surface area contributed by atoms with E-state index in [-0.39, 0.29) is 22.8 Å². The molecule has 4 nitrogen and oxygen atoms in total. The predicted octanol–water partition coefficient (Wildman–Crippen LogP) is 4.54. The third-order valence-corrected chi connectivity index (χ3v) is 4.33. The number of hydrogen-bond donors (Lipinski definition) is 2. The van der Waals surface area contributed by atoms with Gasteiger partial charge >= 0.3 is 0 Å². The normalized spacial score (nSPS) is 10.1. The SMILES string of the molecule is C=CCn1c(O)c(C=C=C(c2ccccc2)c2ccccc2)c(=O)[nH]c1=S. The molecule has 0 unspecified atom stereocenters. The first-order valence-electron chi connectivity index (χ1n) is 8.36. The molecule has 0 saturated carbocycles. The Hall–Kier alpha value is -3.40. The summed E-state index contributed by atoms with van der Waals surface area (Å²) in [6.07, 6.45) is 3.08. The van der Waals surface area contributed by atoms with Gasteiger partial charge in [0.1, 0.15) is 5.56 Å². The summed E-state index contributed by atoms with van der Waals surface area (Å²) >= 11 is 5.10. The molecule has 0 fully saturated rings. The van der Waals surface area contributed by atoms with Crippen LogP contribution in [-0.2, 0) is 6.54 Å². The Labute approximate surface area is 162 Å². The van der Waals surface area contributed by atoms with Crippen molar-refractivity contribution in [3.63, 3.8) is 0 Å². The van der Waals surface area contributed by atoms with Crippen LogP contribution < -0.4 is 5.56 Å². The smallest absolute Gasteiger partial charge is 0.263 e. The minimum Gasteiger partial charge on any atom is -0.494 e. The summed E-state index contributed by atoms with van der Waals surface area (Å²) in [6.45, 7) is 3.93. The Morgan fingerprint density at radius 2 is 1.67 bits per heavy atom. The molecule has 0 bridgehead atoms. The number of hydrogen-bond acceptors (Lipinski definition) is 3. The Bertz CT molecular complexity index is 1090. The van der Waals surface area contributed by atoms with Crippen LogP contribution in [0.3, 0.4) is 0 Å². The third kappa shape index (κ3) is 4.06. The summed E-state index contributed by atoms with van der Waals surface area (Å²) in [5.74, 6) is -0.211. The Balaban J connectivity index is 2.24. The van der Waals surface area contributed by atoms with Crippen LogP contribution in [0, 0.1) is 4.77 Å². The predicted molar refractivity (Wildman–Crippen MR) is 111 cm³/mol. The molecule has 0 amide bonds. The lowest BCUT2D eigenvalue weighted by molar-refractivity contribution is 0.413. The maximum absolute atomic E-state index is 12.3. The van der Waals surface area contributed by atoms with Crippen LogP contribution in [-0.4, -0.2) is 14.7 Å². The summed E-state index contributed by atoms with van der Waals surface area (Å²) in [7, 11) is 0. The highest BCUT2D eigenvalue weighted by molar-refractivity contribution is 7.71. The first-order valence-corrected chi connectivity index (χ1v) is 8.77. The lowest BCUT2D eigenvalue weighted by Crippen LogP contribution is -2.16. The van der Waals surface area contributed by atoms with Crippen molar-refractivity contribution >= 4 is 23.9 Å². The van der Waals surface area contributed by atoms with Gasteiger partial charge in [0.25, 0.3) is 5.56 Å². The molecule has 2 aromatic carbocycles. The number of H-pyrrole nitrogens is 1. The average molecular weight is 374 g/mol. The molecule has 134 valence electrons. The average Bonchev–Trinajstić information content (AvgIpc) is 2.69. The van der Waals surface area contributed by atoms with Gasteiger partial charge in [-0.05, 0) is 29.4 Å². The largest absolute Gasteiger partial charge is 0.494 e. The quantitative estimate of drug-likeness (QED) is 0.392. The van der Waals surface area contributed by atoms with Gasteiger partial charge in [-0.25, -0.2) is 0 Å². The molecule has 27 heavy (non-hydrogen) atoms. The van der Waals surface area contributed by atoms with Crippen molar-refractivity contribution in [3.05, 3.63) is 111 Å². The van der Waals surface area contributed by atoms with Crippen LogP contribution >= 0.6 is 12.2 Å². The van der Waals surface area contributed by atoms with E-state index in [2.05, 4.69) is 17.3 Å². The maximum atomic E-state index is 12.3. The van der Waals surface area contributed by atoms with Crippen LogP contribution in [0.5, 0.6) is 5.88 Å². The van der Waals surface area contributed by atoms with Crippen molar-refractivity contribution in [1.82, 2.24) is 9.55 Å². The summed E-state index contributed by atoms with van der Waals surface area (Å²) in [5, 5.41) is 10.5. The van der Waals surface area contributed by atoms with E-state index < -0.39 is 5.56 Å². The second kappa shape index (κ2) is 8.32. The van der Waals surface area contributed by atoms with Crippen molar-refractivity contribution in [1.29, 1.82) is 0 Å². The van der Waals surface area contributed by atoms with Gasteiger partial charge < -0.3 is 5.11 Å². The molecule has 0 aliphatic carbocycles. The van der Waals surface area contributed by atoms with E-state index in [1.54, 1.807) is 6.08 Å². The molecule has 0 radical (unpaired) electrons. The van der Waals surface area contributed by atoms with Gasteiger partial charge in [-0.3, -0.25) is 14.3 Å². The van der Waals surface area contributed by atoms with Crippen molar-refractivity contribution < 1.29 is 5.11 Å². The molecule has 3 aromatic rings. The number of benzene rings is 2. The zero-order valence-electron chi connectivity index (χ0n) is 14.6. The monoisotopic (exact) mass is 374 g/mol. The molecule has 5 heteroatoms. The number of aromatic amines is 1. The van der Waals surface area contributed by atoms with Crippen LogP contribution in [0.2, 0.25) is 0 Å². The lowest BCUT2D eigenvalue weighted by atomic mass is 9.98. The molecule has 0 aliphatic heterocycles. The van der Waals surface area contributed by atoms with Crippen molar-refractivity contribution in [2.75, 3.05) is 0 Å². The number of nitrogens with zero attached hydrogens (tertiary/aromatic N) is 1. The van der Waals surface area contributed by atoms with Gasteiger partial charge in [0.15, 0.2) is 4.77 Å². The van der Waals surface area contributed by atoms with Gasteiger partial charge in [0, 0.05) is 12.1 Å². The number of aromatic nitrogens is 2. The van der Waals surface area contributed by atoms with E-state index in [4.69, 9.17) is 12.2 Å². The van der Waals surface area contributed by atoms with Crippen LogP contribution in [0.15, 0.2) is 83.8 Å². The highest BCUT2D eigenvalue weighted by atomic mass is 32.1. The number of rotatable bonds is 5. The van der Waals surface area contributed by atoms with E-state index in [9.17, 15) is 9.90 Å². The second-order valence-electron chi connectivity index (χ2n) is 5.79. The molecule has 0 atom stereocenters. The first kappa shape index (κ1) is 18.4. The Morgan fingerprint density at radius 3 is 2.19 bits per heavy atom. The van der Waals surface area contributed by atoms with Gasteiger partial charge in [0.2, 0.25) is 5.88 Å². The second-order valence-corrected chi connectivity index (χ2v) is 6.18. The number of allylic oxidation sites excluding steroid dienone is 1. The van der Waals surface area contributed by atoms with E-state index in [1.165, 1.54) is 10.6 Å². The minimum atomic E-state index is -0.467. The van der Waals surface area contributed by atoms with Crippen LogP contribution in [0.25, 0.3) is 11.6 Å². The van der Waals surface area contributed by atoms with Crippen LogP contribution in [0.4, 0.5) is 0 Å². The van der Waals surface area contributed by atoms with E-state index in [0.717, 1.165) is 16.7 Å². The molecule has 3 rings (SSSR count). The van der Waals surface area contributed by atoms with E-state index in [0.29, 0.717) is 0 Å². The molecule has 1 heterocycles. The summed E-state index contributed by atoms with van der Waals surface area (Å²) < 4.78 is 1.55. The Morgan fingerprint density at radius 1 is 1.11 bits per heavy atom. The van der Waals surface area contributed by atoms with Gasteiger partial charge in [-0.2, -0.15) is 0 Å². The minimum absolute atomic E-state index is 0.0924. The highest BCUT2D eigenvalue weighted by Gasteiger charge is 2.10. The molecule has 0 saturated heterocycles. The molecule has 0 spiro atoms. The van der Waals surface area contributed by atoms with Gasteiger partial charge in [0.05, 0.1) is 0 Å². The van der Waals surface area contributed by atoms with Crippen LogP contribution in [0.1, 0.15) is 16.7 Å². The fraction of sp³-hybridized carbons (Fsp3) is 0.0455. The maximum Gasteiger partial charge on any atom is 0.263 e. The third-order valence-electron chi connectivity index (χ3n) is 4.00. The van der Waals surface area contributed by atoms with E-state index in [1.807, 2.05) is 60.7 Å². The molecule has 2 N–H and O–H groups in total. The van der Waals surface area contributed by atoms with Crippen molar-refractivity contribution in [3.8, 4) is 5.88 Å². The molecular formula is C22H18N2O2S. The highest BCUT2D eigenvalue weighted by Crippen LogP contribution is 2.23. The van der Waals surface area contributed by atoms with Crippen molar-refractivity contribution in [2.45, 2.75) is 6.54 Å². The standard InChI is InChI=1S/C22H18N2O2S/c1-2-15-24-21(26)19(20(25)23-22(24)27)14-13-18(16-9-5-3-6-10-16)17-11-7-4-8-12-17/h2-12,14,26H,1,15H2,(H,23,25,27). The zero-order chi connectivity index (χ0) is 19.2. The number of nitrogens with one attached hydrogen (secondary N) is 1. The van der Waals surface area contributed by atoms with Gasteiger partial charge in [-0.15, -0.1) is 12.3 Å². The van der Waals surface area contributed by atoms with Gasteiger partial charge in [-0.1, -0.05) is 66.7 Å². The Kier molecular flexibility index (Phi) is 5.67. The summed E-state index contributed by atoms with van der Waals surface area (Å²) in [6, 6.07) is 19.5.